The first-order valence-corrected chi connectivity index (χ1v) is 8.54. The van der Waals surface area contributed by atoms with E-state index >= 15 is 0 Å². The summed E-state index contributed by atoms with van der Waals surface area (Å²) < 4.78 is 5.14. The van der Waals surface area contributed by atoms with Crippen LogP contribution in [0.15, 0.2) is 53.1 Å². The first-order valence-electron chi connectivity index (χ1n) is 8.54. The quantitative estimate of drug-likeness (QED) is 0.834. The van der Waals surface area contributed by atoms with Gasteiger partial charge in [-0.1, -0.05) is 30.3 Å². The van der Waals surface area contributed by atoms with Gasteiger partial charge in [-0.15, -0.1) is 12.4 Å². The average molecular weight is 378 g/mol. The molecule has 2 aromatic rings. The predicted octanol–water partition coefficient (Wildman–Crippen LogP) is 1.86. The van der Waals surface area contributed by atoms with Crippen molar-refractivity contribution < 1.29 is 14.0 Å². The average Bonchev–Trinajstić information content (AvgIpc) is 3.16. The maximum absolute atomic E-state index is 13.0. The highest BCUT2D eigenvalue weighted by Crippen LogP contribution is 2.10. The first kappa shape index (κ1) is 20.0. The lowest BCUT2D eigenvalue weighted by Crippen LogP contribution is -2.57. The molecule has 2 N–H and O–H groups in total. The number of piperazine rings is 1. The number of hydrogen-bond donors (Lipinski definition) is 2. The van der Waals surface area contributed by atoms with Crippen LogP contribution >= 0.6 is 12.4 Å². The van der Waals surface area contributed by atoms with Crippen molar-refractivity contribution in [1.29, 1.82) is 0 Å². The van der Waals surface area contributed by atoms with E-state index in [1.807, 2.05) is 42.2 Å². The molecule has 1 aromatic carbocycles. The number of halogens is 1. The van der Waals surface area contributed by atoms with Crippen LogP contribution in [0.5, 0.6) is 0 Å². The molecule has 0 saturated carbocycles. The first-order chi connectivity index (χ1) is 12.1. The highest BCUT2D eigenvalue weighted by atomic mass is 35.5. The van der Waals surface area contributed by atoms with Gasteiger partial charge < -0.3 is 20.0 Å². The summed E-state index contributed by atoms with van der Waals surface area (Å²) in [7, 11) is 0. The Morgan fingerprint density at radius 1 is 1.27 bits per heavy atom. The number of nitrogens with one attached hydrogen (secondary N) is 2. The fourth-order valence-corrected chi connectivity index (χ4v) is 3.04. The lowest BCUT2D eigenvalue weighted by atomic mass is 10.0. The van der Waals surface area contributed by atoms with Gasteiger partial charge >= 0.3 is 0 Å². The second kappa shape index (κ2) is 9.40. The molecule has 1 fully saturated rings. The zero-order valence-electron chi connectivity index (χ0n) is 14.7. The maximum Gasteiger partial charge on any atom is 0.287 e. The normalized spacial score (nSPS) is 17.9. The predicted molar refractivity (Wildman–Crippen MR) is 101 cm³/mol. The van der Waals surface area contributed by atoms with Crippen LogP contribution in [-0.2, 0) is 11.2 Å². The SMILES string of the molecule is CC1CN(C(=O)C(Cc2ccccc2)NC(=O)c2ccco2)CCN1.Cl. The second-order valence-electron chi connectivity index (χ2n) is 6.33. The van der Waals surface area contributed by atoms with E-state index < -0.39 is 6.04 Å². The summed E-state index contributed by atoms with van der Waals surface area (Å²) in [4.78, 5) is 27.2. The summed E-state index contributed by atoms with van der Waals surface area (Å²) in [6.07, 6.45) is 1.89. The minimum absolute atomic E-state index is 0. The molecule has 3 rings (SSSR count). The largest absolute Gasteiger partial charge is 0.459 e. The van der Waals surface area contributed by atoms with E-state index in [1.54, 1.807) is 12.1 Å². The summed E-state index contributed by atoms with van der Waals surface area (Å²) in [6, 6.07) is 12.6. The van der Waals surface area contributed by atoms with Crippen molar-refractivity contribution in [3.63, 3.8) is 0 Å². The molecule has 0 radical (unpaired) electrons. The van der Waals surface area contributed by atoms with Gasteiger partial charge in [-0.05, 0) is 24.6 Å². The van der Waals surface area contributed by atoms with Crippen LogP contribution in [0.3, 0.4) is 0 Å². The van der Waals surface area contributed by atoms with Gasteiger partial charge in [0.05, 0.1) is 6.26 Å². The van der Waals surface area contributed by atoms with E-state index in [0.29, 0.717) is 19.5 Å². The number of rotatable bonds is 5. The number of furan rings is 1. The summed E-state index contributed by atoms with van der Waals surface area (Å²) in [5.41, 5.74) is 1.00. The Morgan fingerprint density at radius 3 is 2.69 bits per heavy atom. The molecule has 7 heteroatoms. The summed E-state index contributed by atoms with van der Waals surface area (Å²) in [5.74, 6) is -0.223. The minimum atomic E-state index is -0.620. The number of amides is 2. The molecule has 2 heterocycles. The van der Waals surface area contributed by atoms with Crippen LogP contribution in [0, 0.1) is 0 Å². The van der Waals surface area contributed by atoms with Gasteiger partial charge in [-0.2, -0.15) is 0 Å². The summed E-state index contributed by atoms with van der Waals surface area (Å²) in [6.45, 7) is 4.09. The minimum Gasteiger partial charge on any atom is -0.459 e. The Labute approximate surface area is 159 Å². The number of carbonyl (C=O) groups excluding carboxylic acids is 2. The third-order valence-electron chi connectivity index (χ3n) is 4.31. The standard InChI is InChI=1S/C19H23N3O3.ClH/c1-14-13-22(10-9-20-14)19(24)16(12-15-6-3-2-4-7-15)21-18(23)17-8-5-11-25-17;/h2-8,11,14,16,20H,9-10,12-13H2,1H3,(H,21,23);1H. The fourth-order valence-electron chi connectivity index (χ4n) is 3.04. The number of benzene rings is 1. The third kappa shape index (κ3) is 5.09. The van der Waals surface area contributed by atoms with E-state index in [1.165, 1.54) is 6.26 Å². The Kier molecular flexibility index (Phi) is 7.24. The zero-order chi connectivity index (χ0) is 17.6. The van der Waals surface area contributed by atoms with Gasteiger partial charge in [0, 0.05) is 32.1 Å². The molecular weight excluding hydrogens is 354 g/mol. The molecular formula is C19H24ClN3O3. The molecule has 26 heavy (non-hydrogen) atoms. The van der Waals surface area contributed by atoms with Crippen LogP contribution in [0.1, 0.15) is 23.0 Å². The lowest BCUT2D eigenvalue weighted by Gasteiger charge is -2.34. The Morgan fingerprint density at radius 2 is 2.04 bits per heavy atom. The van der Waals surface area contributed by atoms with Gasteiger partial charge in [0.2, 0.25) is 5.91 Å². The molecule has 0 spiro atoms. The molecule has 140 valence electrons. The monoisotopic (exact) mass is 377 g/mol. The Balaban J connectivity index is 0.00000243. The lowest BCUT2D eigenvalue weighted by molar-refractivity contribution is -0.134. The second-order valence-corrected chi connectivity index (χ2v) is 6.33. The molecule has 6 nitrogen and oxygen atoms in total. The van der Waals surface area contributed by atoms with Crippen LogP contribution < -0.4 is 10.6 Å². The fraction of sp³-hybridized carbons (Fsp3) is 0.368. The van der Waals surface area contributed by atoms with Gasteiger partial charge in [-0.25, -0.2) is 0 Å². The molecule has 2 unspecified atom stereocenters. The molecule has 1 aromatic heterocycles. The third-order valence-corrected chi connectivity index (χ3v) is 4.31. The molecule has 2 atom stereocenters. The molecule has 0 bridgehead atoms. The zero-order valence-corrected chi connectivity index (χ0v) is 15.5. The maximum atomic E-state index is 13.0. The highest BCUT2D eigenvalue weighted by Gasteiger charge is 2.29. The highest BCUT2D eigenvalue weighted by molar-refractivity contribution is 5.95. The summed E-state index contributed by atoms with van der Waals surface area (Å²) >= 11 is 0. The molecule has 1 saturated heterocycles. The van der Waals surface area contributed by atoms with E-state index in [0.717, 1.165) is 12.1 Å². The summed E-state index contributed by atoms with van der Waals surface area (Å²) in [5, 5.41) is 6.16. The van der Waals surface area contributed by atoms with Crippen LogP contribution in [-0.4, -0.2) is 48.4 Å². The number of hydrogen-bond acceptors (Lipinski definition) is 4. The van der Waals surface area contributed by atoms with E-state index in [4.69, 9.17) is 4.42 Å². The molecule has 1 aliphatic heterocycles. The van der Waals surface area contributed by atoms with Crippen molar-refractivity contribution >= 4 is 24.2 Å². The van der Waals surface area contributed by atoms with E-state index in [9.17, 15) is 9.59 Å². The number of carbonyl (C=O) groups is 2. The van der Waals surface area contributed by atoms with Gasteiger partial charge in [0.25, 0.3) is 5.91 Å². The van der Waals surface area contributed by atoms with Gasteiger partial charge in [0.15, 0.2) is 5.76 Å². The molecule has 1 aliphatic rings. The number of nitrogens with zero attached hydrogens (tertiary/aromatic N) is 1. The van der Waals surface area contributed by atoms with Gasteiger partial charge in [-0.3, -0.25) is 9.59 Å². The van der Waals surface area contributed by atoms with Crippen LogP contribution in [0.25, 0.3) is 0 Å². The van der Waals surface area contributed by atoms with Crippen LogP contribution in [0.2, 0.25) is 0 Å². The van der Waals surface area contributed by atoms with E-state index in [2.05, 4.69) is 10.6 Å². The van der Waals surface area contributed by atoms with Crippen LogP contribution in [0.4, 0.5) is 0 Å². The van der Waals surface area contributed by atoms with Crippen molar-refractivity contribution in [1.82, 2.24) is 15.5 Å². The topological polar surface area (TPSA) is 74.6 Å². The molecule has 2 amide bonds. The Hall–Kier alpha value is -2.31. The van der Waals surface area contributed by atoms with Crippen molar-refractivity contribution in [3.8, 4) is 0 Å². The van der Waals surface area contributed by atoms with E-state index in [-0.39, 0.29) is 36.0 Å². The van der Waals surface area contributed by atoms with Crippen molar-refractivity contribution in [3.05, 3.63) is 60.1 Å². The van der Waals surface area contributed by atoms with Crippen molar-refractivity contribution in [2.24, 2.45) is 0 Å². The molecule has 0 aliphatic carbocycles. The smallest absolute Gasteiger partial charge is 0.287 e. The van der Waals surface area contributed by atoms with Crippen molar-refractivity contribution in [2.75, 3.05) is 19.6 Å². The Bertz CT molecular complexity index is 706. The van der Waals surface area contributed by atoms with Gasteiger partial charge in [0.1, 0.15) is 6.04 Å². The van der Waals surface area contributed by atoms with Crippen molar-refractivity contribution in [2.45, 2.75) is 25.4 Å².